The van der Waals surface area contributed by atoms with Gasteiger partial charge in [-0.05, 0) is 44.3 Å². The standard InChI is InChI=1S/C20H29N3O2/c24-20(23-12-8-18(15-23)22-10-4-5-11-22)21-14-17-9-13-25-19(17)16-6-2-1-3-7-16/h1-3,6-7,17-19H,4-5,8-15H2,(H,21,24)/t17-,18-,19+/m0/s1. The van der Waals surface area contributed by atoms with Gasteiger partial charge in [0.15, 0.2) is 0 Å². The molecule has 136 valence electrons. The highest BCUT2D eigenvalue weighted by molar-refractivity contribution is 5.74. The summed E-state index contributed by atoms with van der Waals surface area (Å²) in [4.78, 5) is 17.1. The van der Waals surface area contributed by atoms with E-state index in [0.717, 1.165) is 32.5 Å². The van der Waals surface area contributed by atoms with Crippen LogP contribution in [0.1, 0.15) is 37.4 Å². The predicted octanol–water partition coefficient (Wildman–Crippen LogP) is 2.64. The Morgan fingerprint density at radius 3 is 2.72 bits per heavy atom. The van der Waals surface area contributed by atoms with Crippen molar-refractivity contribution in [1.82, 2.24) is 15.1 Å². The molecule has 0 unspecified atom stereocenters. The number of amides is 2. The highest BCUT2D eigenvalue weighted by Crippen LogP contribution is 2.34. The quantitative estimate of drug-likeness (QED) is 0.914. The van der Waals surface area contributed by atoms with Gasteiger partial charge in [0.1, 0.15) is 0 Å². The SMILES string of the molecule is O=C(NC[C@@H]1CCO[C@@H]1c1ccccc1)N1CC[C@H](N2CCCC2)C1. The highest BCUT2D eigenvalue weighted by atomic mass is 16.5. The highest BCUT2D eigenvalue weighted by Gasteiger charge is 2.33. The van der Waals surface area contributed by atoms with Crippen LogP contribution < -0.4 is 5.32 Å². The van der Waals surface area contributed by atoms with Crippen LogP contribution in [0.3, 0.4) is 0 Å². The molecule has 1 aromatic rings. The van der Waals surface area contributed by atoms with E-state index in [0.29, 0.717) is 18.5 Å². The fourth-order valence-electron chi connectivity index (χ4n) is 4.52. The fourth-order valence-corrected chi connectivity index (χ4v) is 4.52. The van der Waals surface area contributed by atoms with E-state index in [1.165, 1.54) is 31.5 Å². The van der Waals surface area contributed by atoms with Crippen LogP contribution in [0.2, 0.25) is 0 Å². The van der Waals surface area contributed by atoms with Crippen LogP contribution in [0.15, 0.2) is 30.3 Å². The summed E-state index contributed by atoms with van der Waals surface area (Å²) < 4.78 is 5.92. The Kier molecular flexibility index (Phi) is 5.22. The average molecular weight is 343 g/mol. The fraction of sp³-hybridized carbons (Fsp3) is 0.650. The summed E-state index contributed by atoms with van der Waals surface area (Å²) in [6.45, 7) is 5.66. The largest absolute Gasteiger partial charge is 0.373 e. The van der Waals surface area contributed by atoms with E-state index in [1.54, 1.807) is 0 Å². The van der Waals surface area contributed by atoms with Crippen molar-refractivity contribution < 1.29 is 9.53 Å². The number of urea groups is 1. The molecule has 5 heteroatoms. The number of hydrogen-bond donors (Lipinski definition) is 1. The van der Waals surface area contributed by atoms with Gasteiger partial charge in [0.2, 0.25) is 0 Å². The Morgan fingerprint density at radius 1 is 1.12 bits per heavy atom. The van der Waals surface area contributed by atoms with E-state index in [4.69, 9.17) is 4.74 Å². The molecule has 3 heterocycles. The van der Waals surface area contributed by atoms with Gasteiger partial charge in [0.05, 0.1) is 6.10 Å². The molecule has 1 N–H and O–H groups in total. The molecule has 0 bridgehead atoms. The number of ether oxygens (including phenoxy) is 1. The molecule has 25 heavy (non-hydrogen) atoms. The topological polar surface area (TPSA) is 44.8 Å². The van der Waals surface area contributed by atoms with Crippen molar-refractivity contribution in [2.24, 2.45) is 5.92 Å². The normalized spacial score (nSPS) is 30.1. The van der Waals surface area contributed by atoms with Gasteiger partial charge in [-0.1, -0.05) is 30.3 Å². The van der Waals surface area contributed by atoms with E-state index in [9.17, 15) is 4.79 Å². The molecule has 0 saturated carbocycles. The maximum Gasteiger partial charge on any atom is 0.317 e. The zero-order valence-electron chi connectivity index (χ0n) is 14.9. The molecule has 0 aromatic heterocycles. The van der Waals surface area contributed by atoms with Crippen LogP contribution in [0.25, 0.3) is 0 Å². The van der Waals surface area contributed by atoms with Crippen LogP contribution >= 0.6 is 0 Å². The molecular formula is C20H29N3O2. The molecule has 3 aliphatic rings. The first-order chi connectivity index (χ1) is 12.3. The van der Waals surface area contributed by atoms with Crippen LogP contribution in [-0.4, -0.2) is 61.2 Å². The molecule has 0 spiro atoms. The zero-order chi connectivity index (χ0) is 17.1. The second-order valence-corrected chi connectivity index (χ2v) is 7.57. The lowest BCUT2D eigenvalue weighted by Gasteiger charge is -2.24. The minimum Gasteiger partial charge on any atom is -0.373 e. The summed E-state index contributed by atoms with van der Waals surface area (Å²) in [5, 5.41) is 3.17. The van der Waals surface area contributed by atoms with E-state index >= 15 is 0 Å². The predicted molar refractivity (Wildman–Crippen MR) is 97.4 cm³/mol. The number of carbonyl (C=O) groups is 1. The second kappa shape index (κ2) is 7.75. The summed E-state index contributed by atoms with van der Waals surface area (Å²) in [5.41, 5.74) is 1.22. The lowest BCUT2D eigenvalue weighted by molar-refractivity contribution is 0.0905. The Hall–Kier alpha value is -1.59. The Morgan fingerprint density at radius 2 is 1.92 bits per heavy atom. The number of rotatable bonds is 4. The van der Waals surface area contributed by atoms with Crippen molar-refractivity contribution in [3.05, 3.63) is 35.9 Å². The number of benzene rings is 1. The minimum atomic E-state index is 0.0976. The van der Waals surface area contributed by atoms with Gasteiger partial charge in [-0.15, -0.1) is 0 Å². The molecule has 0 radical (unpaired) electrons. The first-order valence-electron chi connectivity index (χ1n) is 9.74. The van der Waals surface area contributed by atoms with E-state index in [1.807, 2.05) is 11.0 Å². The Labute approximate surface area is 150 Å². The van der Waals surface area contributed by atoms with E-state index in [-0.39, 0.29) is 12.1 Å². The van der Waals surface area contributed by atoms with Crippen LogP contribution in [-0.2, 0) is 4.74 Å². The van der Waals surface area contributed by atoms with Crippen molar-refractivity contribution in [2.45, 2.75) is 37.8 Å². The van der Waals surface area contributed by atoms with Crippen molar-refractivity contribution in [1.29, 1.82) is 0 Å². The molecule has 3 fully saturated rings. The van der Waals surface area contributed by atoms with Gasteiger partial charge in [-0.2, -0.15) is 0 Å². The summed E-state index contributed by atoms with van der Waals surface area (Å²) in [6.07, 6.45) is 4.86. The van der Waals surface area contributed by atoms with Crippen molar-refractivity contribution in [2.75, 3.05) is 39.3 Å². The zero-order valence-corrected chi connectivity index (χ0v) is 14.9. The number of nitrogens with one attached hydrogen (secondary N) is 1. The maximum absolute atomic E-state index is 12.6. The maximum atomic E-state index is 12.6. The average Bonchev–Trinajstić information content (AvgIpc) is 3.41. The molecule has 3 saturated heterocycles. The van der Waals surface area contributed by atoms with Gasteiger partial charge in [0.25, 0.3) is 0 Å². The van der Waals surface area contributed by atoms with Gasteiger partial charge in [0, 0.05) is 38.2 Å². The lowest BCUT2D eigenvalue weighted by Crippen LogP contribution is -2.43. The first kappa shape index (κ1) is 16.9. The molecule has 0 aliphatic carbocycles. The van der Waals surface area contributed by atoms with E-state index < -0.39 is 0 Å². The number of carbonyl (C=O) groups excluding carboxylic acids is 1. The third kappa shape index (κ3) is 3.82. The van der Waals surface area contributed by atoms with Gasteiger partial charge < -0.3 is 15.0 Å². The van der Waals surface area contributed by atoms with Crippen LogP contribution in [0.5, 0.6) is 0 Å². The Balaban J connectivity index is 1.27. The molecular weight excluding hydrogens is 314 g/mol. The smallest absolute Gasteiger partial charge is 0.317 e. The lowest BCUT2D eigenvalue weighted by atomic mass is 9.95. The van der Waals surface area contributed by atoms with Crippen LogP contribution in [0.4, 0.5) is 4.79 Å². The monoisotopic (exact) mass is 343 g/mol. The first-order valence-corrected chi connectivity index (χ1v) is 9.74. The summed E-state index contributed by atoms with van der Waals surface area (Å²) in [5.74, 6) is 0.364. The molecule has 5 nitrogen and oxygen atoms in total. The third-order valence-electron chi connectivity index (χ3n) is 5.97. The summed E-state index contributed by atoms with van der Waals surface area (Å²) >= 11 is 0. The van der Waals surface area contributed by atoms with Crippen molar-refractivity contribution >= 4 is 6.03 Å². The minimum absolute atomic E-state index is 0.0976. The number of likely N-dealkylation sites (tertiary alicyclic amines) is 2. The number of nitrogens with zero attached hydrogens (tertiary/aromatic N) is 2. The summed E-state index contributed by atoms with van der Waals surface area (Å²) in [6, 6.07) is 11.0. The van der Waals surface area contributed by atoms with Gasteiger partial charge >= 0.3 is 6.03 Å². The van der Waals surface area contributed by atoms with Gasteiger partial charge in [-0.25, -0.2) is 4.79 Å². The van der Waals surface area contributed by atoms with Crippen molar-refractivity contribution in [3.63, 3.8) is 0 Å². The van der Waals surface area contributed by atoms with Gasteiger partial charge in [-0.3, -0.25) is 4.90 Å². The van der Waals surface area contributed by atoms with E-state index in [2.05, 4.69) is 34.5 Å². The number of hydrogen-bond acceptors (Lipinski definition) is 3. The summed E-state index contributed by atoms with van der Waals surface area (Å²) in [7, 11) is 0. The molecule has 2 amide bonds. The molecule has 3 atom stereocenters. The molecule has 3 aliphatic heterocycles. The molecule has 1 aromatic carbocycles. The Bertz CT molecular complexity index is 574. The van der Waals surface area contributed by atoms with Crippen molar-refractivity contribution in [3.8, 4) is 0 Å². The second-order valence-electron chi connectivity index (χ2n) is 7.57. The third-order valence-corrected chi connectivity index (χ3v) is 5.97. The van der Waals surface area contributed by atoms with Crippen LogP contribution in [0, 0.1) is 5.92 Å². The molecule has 4 rings (SSSR count).